The van der Waals surface area contributed by atoms with Crippen LogP contribution in [0.4, 0.5) is 0 Å². The van der Waals surface area contributed by atoms with E-state index in [1.165, 1.54) is 0 Å². The molecular formula is C12H22N4O2. The molecular weight excluding hydrogens is 232 g/mol. The minimum atomic E-state index is -0.0619. The highest BCUT2D eigenvalue weighted by Crippen LogP contribution is 2.19. The zero-order valence-electron chi connectivity index (χ0n) is 11.1. The smallest absolute Gasteiger partial charge is 0.226 e. The molecule has 18 heavy (non-hydrogen) atoms. The van der Waals surface area contributed by atoms with Gasteiger partial charge in [-0.25, -0.2) is 0 Å². The molecule has 0 aromatic carbocycles. The van der Waals surface area contributed by atoms with Gasteiger partial charge in [0.05, 0.1) is 6.61 Å². The van der Waals surface area contributed by atoms with Crippen LogP contribution in [0.2, 0.25) is 0 Å². The van der Waals surface area contributed by atoms with E-state index in [0.717, 1.165) is 32.5 Å². The lowest BCUT2D eigenvalue weighted by molar-refractivity contribution is -0.0264. The van der Waals surface area contributed by atoms with Crippen molar-refractivity contribution in [1.82, 2.24) is 15.0 Å². The van der Waals surface area contributed by atoms with Gasteiger partial charge in [-0.2, -0.15) is 4.98 Å². The Balaban J connectivity index is 1.89. The van der Waals surface area contributed by atoms with Crippen molar-refractivity contribution < 1.29 is 9.26 Å². The Labute approximate surface area is 107 Å². The van der Waals surface area contributed by atoms with Crippen molar-refractivity contribution >= 4 is 0 Å². The SMILES string of the molecule is CC(CN)CCc1nc(C2CN(C)CCO2)no1. The molecule has 1 aromatic heterocycles. The molecule has 2 N–H and O–H groups in total. The van der Waals surface area contributed by atoms with Gasteiger partial charge in [0.2, 0.25) is 11.7 Å². The van der Waals surface area contributed by atoms with E-state index in [2.05, 4.69) is 29.0 Å². The molecule has 0 saturated carbocycles. The summed E-state index contributed by atoms with van der Waals surface area (Å²) in [5, 5.41) is 4.01. The van der Waals surface area contributed by atoms with Crippen LogP contribution in [0.15, 0.2) is 4.52 Å². The van der Waals surface area contributed by atoms with Crippen LogP contribution in [-0.4, -0.2) is 48.3 Å². The highest BCUT2D eigenvalue weighted by atomic mass is 16.5. The van der Waals surface area contributed by atoms with Crippen LogP contribution >= 0.6 is 0 Å². The molecule has 2 rings (SSSR count). The summed E-state index contributed by atoms with van der Waals surface area (Å²) in [4.78, 5) is 6.61. The summed E-state index contributed by atoms with van der Waals surface area (Å²) in [5.41, 5.74) is 5.58. The van der Waals surface area contributed by atoms with Gasteiger partial charge in [-0.1, -0.05) is 12.1 Å². The van der Waals surface area contributed by atoms with E-state index in [9.17, 15) is 0 Å². The first kappa shape index (κ1) is 13.5. The van der Waals surface area contributed by atoms with Crippen LogP contribution in [0.5, 0.6) is 0 Å². The summed E-state index contributed by atoms with van der Waals surface area (Å²) in [6, 6.07) is 0. The summed E-state index contributed by atoms with van der Waals surface area (Å²) in [6.07, 6.45) is 1.70. The molecule has 0 radical (unpaired) electrons. The summed E-state index contributed by atoms with van der Waals surface area (Å²) in [6.45, 7) is 5.30. The largest absolute Gasteiger partial charge is 0.367 e. The molecule has 1 aliphatic rings. The quantitative estimate of drug-likeness (QED) is 0.829. The number of nitrogens with two attached hydrogens (primary N) is 1. The fourth-order valence-electron chi connectivity index (χ4n) is 1.92. The summed E-state index contributed by atoms with van der Waals surface area (Å²) in [7, 11) is 2.07. The maximum Gasteiger partial charge on any atom is 0.226 e. The van der Waals surface area contributed by atoms with Gasteiger partial charge in [-0.15, -0.1) is 0 Å². The second-order valence-corrected chi connectivity index (χ2v) is 5.05. The van der Waals surface area contributed by atoms with Gasteiger partial charge in [-0.3, -0.25) is 0 Å². The van der Waals surface area contributed by atoms with E-state index < -0.39 is 0 Å². The van der Waals surface area contributed by atoms with Gasteiger partial charge in [0.25, 0.3) is 0 Å². The lowest BCUT2D eigenvalue weighted by Crippen LogP contribution is -2.35. The van der Waals surface area contributed by atoms with E-state index in [-0.39, 0.29) is 6.10 Å². The number of ether oxygens (including phenoxy) is 1. The highest BCUT2D eigenvalue weighted by molar-refractivity contribution is 4.94. The Hall–Kier alpha value is -0.980. The Morgan fingerprint density at radius 1 is 1.56 bits per heavy atom. The average molecular weight is 254 g/mol. The predicted octanol–water partition coefficient (Wildman–Crippen LogP) is 0.600. The molecule has 6 heteroatoms. The van der Waals surface area contributed by atoms with Gasteiger partial charge in [-0.05, 0) is 25.9 Å². The standard InChI is InChI=1S/C12H22N4O2/c1-9(7-13)3-4-11-14-12(15-18-11)10-8-16(2)5-6-17-10/h9-10H,3-8,13H2,1-2H3. The monoisotopic (exact) mass is 254 g/mol. The molecule has 1 saturated heterocycles. The molecule has 0 bridgehead atoms. The van der Waals surface area contributed by atoms with Crippen LogP contribution in [0.1, 0.15) is 31.2 Å². The van der Waals surface area contributed by atoms with E-state index in [0.29, 0.717) is 24.2 Å². The first-order valence-electron chi connectivity index (χ1n) is 6.51. The minimum absolute atomic E-state index is 0.0619. The van der Waals surface area contributed by atoms with Crippen molar-refractivity contribution in [1.29, 1.82) is 0 Å². The number of aromatic nitrogens is 2. The number of morpholine rings is 1. The second kappa shape index (κ2) is 6.26. The van der Waals surface area contributed by atoms with Gasteiger partial charge >= 0.3 is 0 Å². The first-order valence-corrected chi connectivity index (χ1v) is 6.51. The van der Waals surface area contributed by atoms with Crippen molar-refractivity contribution in [2.75, 3.05) is 33.3 Å². The van der Waals surface area contributed by atoms with Gasteiger partial charge in [0.1, 0.15) is 6.10 Å². The van der Waals surface area contributed by atoms with Crippen LogP contribution in [-0.2, 0) is 11.2 Å². The van der Waals surface area contributed by atoms with Gasteiger partial charge in [0.15, 0.2) is 0 Å². The zero-order chi connectivity index (χ0) is 13.0. The second-order valence-electron chi connectivity index (χ2n) is 5.05. The molecule has 2 unspecified atom stereocenters. The van der Waals surface area contributed by atoms with Gasteiger partial charge < -0.3 is 19.9 Å². The third kappa shape index (κ3) is 3.51. The molecule has 6 nitrogen and oxygen atoms in total. The van der Waals surface area contributed by atoms with Crippen molar-refractivity contribution in [3.8, 4) is 0 Å². The number of hydrogen-bond donors (Lipinski definition) is 1. The van der Waals surface area contributed by atoms with E-state index in [1.54, 1.807) is 0 Å². The summed E-state index contributed by atoms with van der Waals surface area (Å²) >= 11 is 0. The van der Waals surface area contributed by atoms with Crippen LogP contribution in [0, 0.1) is 5.92 Å². The topological polar surface area (TPSA) is 77.4 Å². The van der Waals surface area contributed by atoms with E-state index in [1.807, 2.05) is 0 Å². The fraction of sp³-hybridized carbons (Fsp3) is 0.833. The molecule has 0 amide bonds. The molecule has 2 atom stereocenters. The Morgan fingerprint density at radius 2 is 2.39 bits per heavy atom. The number of hydrogen-bond acceptors (Lipinski definition) is 6. The molecule has 0 spiro atoms. The lowest BCUT2D eigenvalue weighted by atomic mass is 10.1. The third-order valence-electron chi connectivity index (χ3n) is 3.29. The van der Waals surface area contributed by atoms with Crippen molar-refractivity contribution in [3.63, 3.8) is 0 Å². The number of aryl methyl sites for hydroxylation is 1. The Bertz CT molecular complexity index is 369. The molecule has 0 aliphatic carbocycles. The van der Waals surface area contributed by atoms with Gasteiger partial charge in [0, 0.05) is 19.5 Å². The number of likely N-dealkylation sites (N-methyl/N-ethyl adjacent to an activating group) is 1. The molecule has 1 fully saturated rings. The van der Waals surface area contributed by atoms with Crippen molar-refractivity contribution in [2.45, 2.75) is 25.9 Å². The minimum Gasteiger partial charge on any atom is -0.367 e. The Morgan fingerprint density at radius 3 is 3.11 bits per heavy atom. The maximum atomic E-state index is 5.65. The summed E-state index contributed by atoms with van der Waals surface area (Å²) in [5.74, 6) is 1.83. The predicted molar refractivity (Wildman–Crippen MR) is 67.0 cm³/mol. The molecule has 1 aromatic rings. The number of nitrogens with zero attached hydrogens (tertiary/aromatic N) is 3. The summed E-state index contributed by atoms with van der Waals surface area (Å²) < 4.78 is 10.9. The third-order valence-corrected chi connectivity index (χ3v) is 3.29. The van der Waals surface area contributed by atoms with E-state index >= 15 is 0 Å². The van der Waals surface area contributed by atoms with Crippen LogP contribution in [0.25, 0.3) is 0 Å². The normalized spacial score (nSPS) is 23.2. The van der Waals surface area contributed by atoms with Crippen molar-refractivity contribution in [2.24, 2.45) is 11.7 Å². The molecule has 2 heterocycles. The first-order chi connectivity index (χ1) is 8.69. The maximum absolute atomic E-state index is 5.65. The zero-order valence-corrected chi connectivity index (χ0v) is 11.1. The fourth-order valence-corrected chi connectivity index (χ4v) is 1.92. The number of rotatable bonds is 5. The van der Waals surface area contributed by atoms with Crippen LogP contribution in [0.3, 0.4) is 0 Å². The van der Waals surface area contributed by atoms with Crippen LogP contribution < -0.4 is 5.73 Å². The lowest BCUT2D eigenvalue weighted by Gasteiger charge is -2.27. The molecule has 1 aliphatic heterocycles. The Kier molecular flexibility index (Phi) is 4.68. The molecule has 102 valence electrons. The van der Waals surface area contributed by atoms with E-state index in [4.69, 9.17) is 15.0 Å². The average Bonchev–Trinajstić information content (AvgIpc) is 2.84. The highest BCUT2D eigenvalue weighted by Gasteiger charge is 2.24. The van der Waals surface area contributed by atoms with Crippen molar-refractivity contribution in [3.05, 3.63) is 11.7 Å².